The Kier molecular flexibility index (Phi) is 3.44. The molecular weight excluding hydrogens is 272 g/mol. The summed E-state index contributed by atoms with van der Waals surface area (Å²) in [6, 6.07) is 8.32. The zero-order chi connectivity index (χ0) is 16.1. The predicted octanol–water partition coefficient (Wildman–Crippen LogP) is 4.62. The quantitative estimate of drug-likeness (QED) is 0.813. The van der Waals surface area contributed by atoms with E-state index in [9.17, 15) is 0 Å². The maximum Gasteiger partial charge on any atom is 0.141 e. The number of aliphatic imine (C=N–C) groups is 1. The number of methoxy groups -OCH3 is 1. The van der Waals surface area contributed by atoms with Crippen molar-refractivity contribution in [1.82, 2.24) is 4.90 Å². The normalized spacial score (nSPS) is 23.7. The van der Waals surface area contributed by atoms with Crippen LogP contribution < -0.4 is 0 Å². The number of amidine groups is 1. The van der Waals surface area contributed by atoms with Crippen molar-refractivity contribution in [3.05, 3.63) is 41.1 Å². The molecule has 1 atom stereocenters. The lowest BCUT2D eigenvalue weighted by Crippen LogP contribution is -2.54. The number of benzene rings is 1. The highest BCUT2D eigenvalue weighted by Gasteiger charge is 2.51. The smallest absolute Gasteiger partial charge is 0.141 e. The Hall–Kier alpha value is -1.61. The fraction of sp³-hybridized carbons (Fsp3) is 0.526. The highest BCUT2D eigenvalue weighted by atomic mass is 16.5. The molecule has 118 valence electrons. The zero-order valence-corrected chi connectivity index (χ0v) is 14.5. The van der Waals surface area contributed by atoms with Crippen molar-refractivity contribution in [2.75, 3.05) is 13.7 Å². The van der Waals surface area contributed by atoms with Crippen molar-refractivity contribution < 1.29 is 4.74 Å². The van der Waals surface area contributed by atoms with E-state index in [2.05, 4.69) is 57.7 Å². The molecule has 2 aliphatic heterocycles. The molecule has 3 nitrogen and oxygen atoms in total. The molecule has 1 aromatic carbocycles. The van der Waals surface area contributed by atoms with Gasteiger partial charge in [0.25, 0.3) is 0 Å². The van der Waals surface area contributed by atoms with Crippen LogP contribution in [0, 0.1) is 5.41 Å². The van der Waals surface area contributed by atoms with E-state index in [1.54, 1.807) is 7.11 Å². The first kappa shape index (κ1) is 15.3. The first-order valence-electron chi connectivity index (χ1n) is 8.11. The summed E-state index contributed by atoms with van der Waals surface area (Å²) in [7, 11) is 1.80. The molecular formula is C19H26N2O. The minimum atomic E-state index is -0.416. The number of fused-ring (bicyclic) bond motifs is 2. The van der Waals surface area contributed by atoms with Crippen LogP contribution in [0.1, 0.15) is 46.6 Å². The number of hydrogen-bond acceptors (Lipinski definition) is 3. The molecule has 0 aromatic heterocycles. The first-order chi connectivity index (χ1) is 10.3. The molecule has 0 N–H and O–H groups in total. The van der Waals surface area contributed by atoms with Crippen molar-refractivity contribution in [3.63, 3.8) is 0 Å². The van der Waals surface area contributed by atoms with E-state index in [1.807, 2.05) is 6.07 Å². The molecule has 0 amide bonds. The zero-order valence-electron chi connectivity index (χ0n) is 14.5. The molecule has 0 saturated heterocycles. The molecule has 3 rings (SSSR count). The van der Waals surface area contributed by atoms with Gasteiger partial charge >= 0.3 is 0 Å². The van der Waals surface area contributed by atoms with Crippen LogP contribution in [0.25, 0.3) is 0 Å². The molecule has 2 aliphatic rings. The summed E-state index contributed by atoms with van der Waals surface area (Å²) in [5.41, 5.74) is 4.48. The van der Waals surface area contributed by atoms with E-state index < -0.39 is 5.60 Å². The Balaban J connectivity index is 2.26. The average molecular weight is 298 g/mol. The van der Waals surface area contributed by atoms with Gasteiger partial charge in [-0.3, -0.25) is 0 Å². The Morgan fingerprint density at radius 1 is 1.23 bits per heavy atom. The molecule has 22 heavy (non-hydrogen) atoms. The van der Waals surface area contributed by atoms with Gasteiger partial charge in [0, 0.05) is 30.3 Å². The molecule has 1 unspecified atom stereocenters. The third-order valence-electron chi connectivity index (χ3n) is 4.67. The highest BCUT2D eigenvalue weighted by Crippen LogP contribution is 2.53. The Bertz CT molecular complexity index is 666. The summed E-state index contributed by atoms with van der Waals surface area (Å²) in [4.78, 5) is 7.30. The fourth-order valence-electron chi connectivity index (χ4n) is 3.64. The number of hydrogen-bond donors (Lipinski definition) is 0. The minimum Gasteiger partial charge on any atom is -0.369 e. The van der Waals surface area contributed by atoms with E-state index in [0.29, 0.717) is 0 Å². The largest absolute Gasteiger partial charge is 0.369 e. The van der Waals surface area contributed by atoms with Crippen LogP contribution in [0.2, 0.25) is 0 Å². The summed E-state index contributed by atoms with van der Waals surface area (Å²) >= 11 is 0. The summed E-state index contributed by atoms with van der Waals surface area (Å²) in [5.74, 6) is 1.09. The average Bonchev–Trinajstić information content (AvgIpc) is 2.46. The minimum absolute atomic E-state index is 0.0790. The Morgan fingerprint density at radius 2 is 1.91 bits per heavy atom. The number of rotatable bonds is 3. The van der Waals surface area contributed by atoms with Crippen molar-refractivity contribution in [3.8, 4) is 0 Å². The SMILES string of the molecule is CCCN1C2=Nc3ccccc3C(C)(OC)C2=C1C(C)(C)C. The monoisotopic (exact) mass is 298 g/mol. The molecule has 1 aromatic rings. The van der Waals surface area contributed by atoms with E-state index in [0.717, 1.165) is 30.1 Å². The van der Waals surface area contributed by atoms with Crippen molar-refractivity contribution in [2.45, 2.75) is 46.6 Å². The maximum atomic E-state index is 6.03. The topological polar surface area (TPSA) is 24.8 Å². The van der Waals surface area contributed by atoms with Crippen LogP contribution in [-0.2, 0) is 10.3 Å². The molecule has 2 heterocycles. The van der Waals surface area contributed by atoms with E-state index >= 15 is 0 Å². The second kappa shape index (κ2) is 4.95. The number of allylic oxidation sites excluding steroid dienone is 1. The molecule has 0 saturated carbocycles. The van der Waals surface area contributed by atoms with Gasteiger partial charge in [0.2, 0.25) is 0 Å². The highest BCUT2D eigenvalue weighted by molar-refractivity contribution is 6.11. The second-order valence-corrected chi connectivity index (χ2v) is 7.32. The Morgan fingerprint density at radius 3 is 2.50 bits per heavy atom. The van der Waals surface area contributed by atoms with Crippen LogP contribution in [0.3, 0.4) is 0 Å². The van der Waals surface area contributed by atoms with Crippen LogP contribution in [-0.4, -0.2) is 24.4 Å². The summed E-state index contributed by atoms with van der Waals surface area (Å²) in [6.07, 6.45) is 1.11. The van der Waals surface area contributed by atoms with Crippen LogP contribution in [0.5, 0.6) is 0 Å². The van der Waals surface area contributed by atoms with Gasteiger partial charge in [-0.25, -0.2) is 4.99 Å². The van der Waals surface area contributed by atoms with Crippen molar-refractivity contribution >= 4 is 11.5 Å². The molecule has 0 bridgehead atoms. The molecule has 0 fully saturated rings. The van der Waals surface area contributed by atoms with Crippen molar-refractivity contribution in [1.29, 1.82) is 0 Å². The maximum absolute atomic E-state index is 6.03. The van der Waals surface area contributed by atoms with Crippen molar-refractivity contribution in [2.24, 2.45) is 10.4 Å². The lowest BCUT2D eigenvalue weighted by Gasteiger charge is -2.52. The molecule has 0 radical (unpaired) electrons. The van der Waals surface area contributed by atoms with Gasteiger partial charge in [0.1, 0.15) is 11.4 Å². The number of ether oxygens (including phenoxy) is 1. The van der Waals surface area contributed by atoms with Gasteiger partial charge in [-0.05, 0) is 19.4 Å². The summed E-state index contributed by atoms with van der Waals surface area (Å²) in [6.45, 7) is 12.2. The summed E-state index contributed by atoms with van der Waals surface area (Å²) in [5, 5.41) is 0. The molecule has 0 aliphatic carbocycles. The van der Waals surface area contributed by atoms with Crippen LogP contribution in [0.15, 0.2) is 40.5 Å². The predicted molar refractivity (Wildman–Crippen MR) is 91.4 cm³/mol. The standard InChI is InChI=1S/C19H26N2O/c1-7-12-21-16(18(2,3)4)15-17(21)20-14-11-9-8-10-13(14)19(15,5)22-6/h8-11H,7,12H2,1-6H3. The van der Waals surface area contributed by atoms with Gasteiger partial charge in [-0.2, -0.15) is 0 Å². The first-order valence-corrected chi connectivity index (χ1v) is 8.11. The van der Waals surface area contributed by atoms with E-state index in [1.165, 1.54) is 11.3 Å². The van der Waals surface area contributed by atoms with Crippen LogP contribution in [0.4, 0.5) is 5.69 Å². The number of para-hydroxylation sites is 1. The van der Waals surface area contributed by atoms with Crippen LogP contribution >= 0.6 is 0 Å². The van der Waals surface area contributed by atoms with Gasteiger partial charge in [-0.1, -0.05) is 45.9 Å². The van der Waals surface area contributed by atoms with E-state index in [-0.39, 0.29) is 5.41 Å². The second-order valence-electron chi connectivity index (χ2n) is 7.32. The molecule has 3 heteroatoms. The Labute approximate surface area is 133 Å². The van der Waals surface area contributed by atoms with Gasteiger partial charge < -0.3 is 9.64 Å². The third-order valence-corrected chi connectivity index (χ3v) is 4.67. The third kappa shape index (κ3) is 1.95. The van der Waals surface area contributed by atoms with Gasteiger partial charge in [0.15, 0.2) is 0 Å². The fourth-order valence-corrected chi connectivity index (χ4v) is 3.64. The lowest BCUT2D eigenvalue weighted by molar-refractivity contribution is 0.0302. The number of nitrogens with zero attached hydrogens (tertiary/aromatic N) is 2. The lowest BCUT2D eigenvalue weighted by atomic mass is 9.72. The summed E-state index contributed by atoms with van der Waals surface area (Å²) < 4.78 is 6.03. The molecule has 0 spiro atoms. The van der Waals surface area contributed by atoms with Gasteiger partial charge in [0.05, 0.1) is 11.3 Å². The van der Waals surface area contributed by atoms with E-state index in [4.69, 9.17) is 9.73 Å². The van der Waals surface area contributed by atoms with Gasteiger partial charge in [-0.15, -0.1) is 0 Å².